The normalized spacial score (nSPS) is 15.0. The van der Waals surface area contributed by atoms with Crippen LogP contribution in [0, 0.1) is 0 Å². The first-order chi connectivity index (χ1) is 15.2. The molecule has 1 saturated heterocycles. The van der Waals surface area contributed by atoms with Crippen LogP contribution in [-0.2, 0) is 11.0 Å². The molecule has 0 unspecified atom stereocenters. The van der Waals surface area contributed by atoms with E-state index in [0.29, 0.717) is 24.3 Å². The van der Waals surface area contributed by atoms with E-state index in [9.17, 15) is 22.8 Å². The summed E-state index contributed by atoms with van der Waals surface area (Å²) in [5, 5.41) is 13.9. The van der Waals surface area contributed by atoms with Gasteiger partial charge in [-0.1, -0.05) is 6.92 Å². The molecule has 0 saturated carbocycles. The molecule has 1 fully saturated rings. The van der Waals surface area contributed by atoms with Gasteiger partial charge in [0.05, 0.1) is 25.4 Å². The van der Waals surface area contributed by atoms with E-state index >= 15 is 0 Å². The molecular weight excluding hydrogens is 431 g/mol. The SMILES string of the molecule is CCCNC(=O)CN1CCN(C(=O)c2cnn(-c3ccc(OC)nn3)c2C(F)(F)F)CC1. The third-order valence-corrected chi connectivity index (χ3v) is 4.92. The number of hydrogen-bond donors (Lipinski definition) is 1. The number of nitrogens with one attached hydrogen (secondary N) is 1. The summed E-state index contributed by atoms with van der Waals surface area (Å²) in [7, 11) is 1.35. The molecule has 0 atom stereocenters. The van der Waals surface area contributed by atoms with E-state index in [1.165, 1.54) is 24.1 Å². The summed E-state index contributed by atoms with van der Waals surface area (Å²) < 4.78 is 47.0. The molecule has 13 heteroatoms. The molecule has 3 heterocycles. The first-order valence-corrected chi connectivity index (χ1v) is 10.1. The van der Waals surface area contributed by atoms with E-state index in [-0.39, 0.29) is 37.2 Å². The van der Waals surface area contributed by atoms with Crippen molar-refractivity contribution in [1.29, 1.82) is 0 Å². The second-order valence-electron chi connectivity index (χ2n) is 7.17. The fourth-order valence-electron chi connectivity index (χ4n) is 3.29. The first-order valence-electron chi connectivity index (χ1n) is 10.1. The van der Waals surface area contributed by atoms with Crippen molar-refractivity contribution in [2.75, 3.05) is 46.4 Å². The zero-order valence-electron chi connectivity index (χ0n) is 17.7. The van der Waals surface area contributed by atoms with Gasteiger partial charge in [0.15, 0.2) is 11.5 Å². The number of nitrogens with zero attached hydrogens (tertiary/aromatic N) is 6. The standard InChI is InChI=1S/C19H24F3N7O3/c1-3-6-23-15(30)12-27-7-9-28(10-8-27)18(31)13-11-24-29(17(13)19(20,21)22)14-4-5-16(32-2)26-25-14/h4-5,11H,3,6-10,12H2,1-2H3,(H,23,30). The van der Waals surface area contributed by atoms with Crippen molar-refractivity contribution < 1.29 is 27.5 Å². The Kier molecular flexibility index (Phi) is 7.28. The van der Waals surface area contributed by atoms with Crippen LogP contribution in [0.4, 0.5) is 13.2 Å². The van der Waals surface area contributed by atoms with E-state index in [1.807, 2.05) is 11.8 Å². The van der Waals surface area contributed by atoms with Crippen LogP contribution >= 0.6 is 0 Å². The summed E-state index contributed by atoms with van der Waals surface area (Å²) >= 11 is 0. The second kappa shape index (κ2) is 9.94. The van der Waals surface area contributed by atoms with Crippen LogP contribution < -0.4 is 10.1 Å². The summed E-state index contributed by atoms with van der Waals surface area (Å²) in [6.07, 6.45) is -3.13. The number of carbonyl (C=O) groups excluding carboxylic acids is 2. The van der Waals surface area contributed by atoms with E-state index in [0.717, 1.165) is 12.6 Å². The van der Waals surface area contributed by atoms with Crippen LogP contribution in [-0.4, -0.2) is 88.0 Å². The molecular formula is C19H24F3N7O3. The molecule has 0 aromatic carbocycles. The van der Waals surface area contributed by atoms with Crippen molar-refractivity contribution in [2.24, 2.45) is 0 Å². The van der Waals surface area contributed by atoms with Crippen LogP contribution in [0.25, 0.3) is 5.82 Å². The lowest BCUT2D eigenvalue weighted by atomic mass is 10.2. The number of piperazine rings is 1. The maximum Gasteiger partial charge on any atom is 0.434 e. The highest BCUT2D eigenvalue weighted by Gasteiger charge is 2.42. The van der Waals surface area contributed by atoms with Gasteiger partial charge < -0.3 is 15.0 Å². The monoisotopic (exact) mass is 455 g/mol. The fraction of sp³-hybridized carbons (Fsp3) is 0.526. The molecule has 0 radical (unpaired) electrons. The van der Waals surface area contributed by atoms with Crippen LogP contribution in [0.1, 0.15) is 29.4 Å². The van der Waals surface area contributed by atoms with Crippen molar-refractivity contribution >= 4 is 11.8 Å². The van der Waals surface area contributed by atoms with E-state index < -0.39 is 23.3 Å². The minimum atomic E-state index is -4.84. The van der Waals surface area contributed by atoms with Crippen molar-refractivity contribution in [2.45, 2.75) is 19.5 Å². The van der Waals surface area contributed by atoms with Gasteiger partial charge in [0, 0.05) is 38.8 Å². The predicted molar refractivity (Wildman–Crippen MR) is 106 cm³/mol. The van der Waals surface area contributed by atoms with Gasteiger partial charge >= 0.3 is 6.18 Å². The Balaban J connectivity index is 1.74. The minimum absolute atomic E-state index is 0.118. The Labute approximate surface area is 182 Å². The number of aromatic nitrogens is 4. The van der Waals surface area contributed by atoms with E-state index in [4.69, 9.17) is 4.74 Å². The van der Waals surface area contributed by atoms with Crippen molar-refractivity contribution in [3.63, 3.8) is 0 Å². The highest BCUT2D eigenvalue weighted by atomic mass is 19.4. The van der Waals surface area contributed by atoms with E-state index in [1.54, 1.807) is 0 Å². The Morgan fingerprint density at radius 1 is 1.16 bits per heavy atom. The predicted octanol–water partition coefficient (Wildman–Crippen LogP) is 0.974. The maximum atomic E-state index is 13.9. The molecule has 32 heavy (non-hydrogen) atoms. The molecule has 1 N–H and O–H groups in total. The van der Waals surface area contributed by atoms with Gasteiger partial charge in [0.25, 0.3) is 5.91 Å². The topological polar surface area (TPSA) is 105 Å². The molecule has 2 aromatic rings. The summed E-state index contributed by atoms with van der Waals surface area (Å²) in [5.41, 5.74) is -1.78. The quantitative estimate of drug-likeness (QED) is 0.663. The zero-order valence-corrected chi connectivity index (χ0v) is 17.7. The molecule has 174 valence electrons. The zero-order chi connectivity index (χ0) is 23.3. The van der Waals surface area contributed by atoms with Gasteiger partial charge in [-0.3, -0.25) is 14.5 Å². The number of alkyl halides is 3. The molecule has 3 rings (SSSR count). The van der Waals surface area contributed by atoms with Crippen molar-refractivity contribution in [3.05, 3.63) is 29.6 Å². The minimum Gasteiger partial charge on any atom is -0.480 e. The number of methoxy groups -OCH3 is 1. The Morgan fingerprint density at radius 3 is 2.44 bits per heavy atom. The fourth-order valence-corrected chi connectivity index (χ4v) is 3.29. The van der Waals surface area contributed by atoms with Crippen LogP contribution in [0.2, 0.25) is 0 Å². The summed E-state index contributed by atoms with van der Waals surface area (Å²) in [6.45, 7) is 3.87. The van der Waals surface area contributed by atoms with Gasteiger partial charge in [-0.2, -0.15) is 18.3 Å². The van der Waals surface area contributed by atoms with Crippen molar-refractivity contribution in [3.8, 4) is 11.7 Å². The summed E-state index contributed by atoms with van der Waals surface area (Å²) in [6, 6.07) is 2.62. The molecule has 0 bridgehead atoms. The number of carbonyl (C=O) groups is 2. The third-order valence-electron chi connectivity index (χ3n) is 4.92. The van der Waals surface area contributed by atoms with Gasteiger partial charge in [-0.05, 0) is 12.5 Å². The Hall–Kier alpha value is -3.22. The second-order valence-corrected chi connectivity index (χ2v) is 7.17. The molecule has 2 aromatic heterocycles. The number of rotatable bonds is 7. The average molecular weight is 455 g/mol. The van der Waals surface area contributed by atoms with Crippen molar-refractivity contribution in [1.82, 2.24) is 35.1 Å². The Morgan fingerprint density at radius 2 is 1.88 bits per heavy atom. The van der Waals surface area contributed by atoms with Gasteiger partial charge in [-0.25, -0.2) is 4.68 Å². The lowest BCUT2D eigenvalue weighted by molar-refractivity contribution is -0.143. The number of halogens is 3. The van der Waals surface area contributed by atoms with Crippen LogP contribution in [0.5, 0.6) is 5.88 Å². The smallest absolute Gasteiger partial charge is 0.434 e. The Bertz CT molecular complexity index is 939. The van der Waals surface area contributed by atoms with Crippen LogP contribution in [0.15, 0.2) is 18.3 Å². The first kappa shape index (κ1) is 23.4. The van der Waals surface area contributed by atoms with Gasteiger partial charge in [-0.15, -0.1) is 10.2 Å². The number of amides is 2. The lowest BCUT2D eigenvalue weighted by Gasteiger charge is -2.34. The molecule has 0 aliphatic carbocycles. The largest absolute Gasteiger partial charge is 0.480 e. The molecule has 1 aliphatic rings. The molecule has 1 aliphatic heterocycles. The number of ether oxygens (including phenoxy) is 1. The molecule has 0 spiro atoms. The molecule has 2 amide bonds. The highest BCUT2D eigenvalue weighted by Crippen LogP contribution is 2.34. The maximum absolute atomic E-state index is 13.9. The number of hydrogen-bond acceptors (Lipinski definition) is 7. The van der Waals surface area contributed by atoms with Gasteiger partial charge in [0.1, 0.15) is 0 Å². The van der Waals surface area contributed by atoms with Gasteiger partial charge in [0.2, 0.25) is 11.8 Å². The highest BCUT2D eigenvalue weighted by molar-refractivity contribution is 5.95. The average Bonchev–Trinajstić information content (AvgIpc) is 3.23. The van der Waals surface area contributed by atoms with Crippen LogP contribution in [0.3, 0.4) is 0 Å². The molecule has 10 nitrogen and oxygen atoms in total. The summed E-state index contributed by atoms with van der Waals surface area (Å²) in [4.78, 5) is 27.9. The summed E-state index contributed by atoms with van der Waals surface area (Å²) in [5.74, 6) is -0.958. The van der Waals surface area contributed by atoms with E-state index in [2.05, 4.69) is 20.6 Å². The lowest BCUT2D eigenvalue weighted by Crippen LogP contribution is -2.51. The third kappa shape index (κ3) is 5.33.